The smallest absolute Gasteiger partial charge is 0.0929 e. The number of nitrogens with zero attached hydrogens (tertiary/aromatic N) is 1. The first-order chi connectivity index (χ1) is 6.68. The maximum absolute atomic E-state index is 5.91. The summed E-state index contributed by atoms with van der Waals surface area (Å²) in [5, 5.41) is 1.11. The van der Waals surface area contributed by atoms with E-state index in [4.69, 9.17) is 23.2 Å². The molecule has 0 saturated carbocycles. The predicted octanol–water partition coefficient (Wildman–Crippen LogP) is 3.69. The molecule has 14 heavy (non-hydrogen) atoms. The summed E-state index contributed by atoms with van der Waals surface area (Å²) in [5.41, 5.74) is 2.89. The van der Waals surface area contributed by atoms with Crippen molar-refractivity contribution in [3.05, 3.63) is 40.3 Å². The Morgan fingerprint density at radius 1 is 1.21 bits per heavy atom. The molecule has 0 aliphatic carbocycles. The predicted molar refractivity (Wildman–Crippen MR) is 58.8 cm³/mol. The molecule has 72 valence electrons. The van der Waals surface area contributed by atoms with Crippen LogP contribution in [-0.4, -0.2) is 9.97 Å². The molecular formula is C10H8Cl2N2. The maximum atomic E-state index is 5.91. The van der Waals surface area contributed by atoms with Crippen molar-refractivity contribution in [1.82, 2.24) is 9.97 Å². The molecule has 0 aliphatic heterocycles. The molecule has 2 aromatic rings. The van der Waals surface area contributed by atoms with E-state index in [1.165, 1.54) is 0 Å². The van der Waals surface area contributed by atoms with Crippen LogP contribution in [-0.2, 0) is 0 Å². The van der Waals surface area contributed by atoms with Gasteiger partial charge in [-0.05, 0) is 19.1 Å². The van der Waals surface area contributed by atoms with Crippen LogP contribution in [0.5, 0.6) is 0 Å². The molecule has 0 spiro atoms. The van der Waals surface area contributed by atoms with E-state index in [0.717, 1.165) is 17.0 Å². The first-order valence-corrected chi connectivity index (χ1v) is 4.89. The van der Waals surface area contributed by atoms with Crippen LogP contribution in [0.25, 0.3) is 11.3 Å². The van der Waals surface area contributed by atoms with Crippen LogP contribution in [0.2, 0.25) is 10.0 Å². The van der Waals surface area contributed by atoms with E-state index in [1.54, 1.807) is 12.4 Å². The third-order valence-corrected chi connectivity index (χ3v) is 2.76. The molecule has 4 heteroatoms. The number of hydrogen-bond donors (Lipinski definition) is 1. The van der Waals surface area contributed by atoms with E-state index in [9.17, 15) is 0 Å². The van der Waals surface area contributed by atoms with Gasteiger partial charge in [-0.3, -0.25) is 0 Å². The second-order valence-corrected chi connectivity index (χ2v) is 3.82. The molecular weight excluding hydrogens is 219 g/mol. The Morgan fingerprint density at radius 2 is 2.00 bits per heavy atom. The number of rotatable bonds is 1. The Bertz CT molecular complexity index is 463. The second kappa shape index (κ2) is 3.64. The summed E-state index contributed by atoms with van der Waals surface area (Å²) in [4.78, 5) is 7.21. The highest BCUT2D eigenvalue weighted by Crippen LogP contribution is 2.28. The quantitative estimate of drug-likeness (QED) is 0.790. The van der Waals surface area contributed by atoms with Crippen LogP contribution in [0.15, 0.2) is 24.5 Å². The van der Waals surface area contributed by atoms with Gasteiger partial charge in [-0.25, -0.2) is 4.98 Å². The first kappa shape index (κ1) is 9.56. The minimum atomic E-state index is 0.548. The Morgan fingerprint density at radius 3 is 2.57 bits per heavy atom. The summed E-state index contributed by atoms with van der Waals surface area (Å²) in [6.07, 6.45) is 1.66. The minimum absolute atomic E-state index is 0.548. The standard InChI is InChI=1S/C10H8Cl2N2/c1-6-10(14-5-13-6)7-2-3-8(11)9(12)4-7/h2-5H,1H3,(H,13,14). The highest BCUT2D eigenvalue weighted by molar-refractivity contribution is 6.42. The zero-order chi connectivity index (χ0) is 10.1. The topological polar surface area (TPSA) is 28.7 Å². The average Bonchev–Trinajstić information content (AvgIpc) is 2.57. The number of aromatic amines is 1. The van der Waals surface area contributed by atoms with Gasteiger partial charge in [0, 0.05) is 11.3 Å². The third kappa shape index (κ3) is 1.63. The van der Waals surface area contributed by atoms with Gasteiger partial charge in [0.25, 0.3) is 0 Å². The molecule has 0 bridgehead atoms. The van der Waals surface area contributed by atoms with Crippen molar-refractivity contribution in [2.45, 2.75) is 6.92 Å². The summed E-state index contributed by atoms with van der Waals surface area (Å²) in [5.74, 6) is 0. The Hall–Kier alpha value is -0.990. The molecule has 1 aromatic heterocycles. The molecule has 0 aliphatic rings. The van der Waals surface area contributed by atoms with E-state index < -0.39 is 0 Å². The Labute approximate surface area is 91.9 Å². The van der Waals surface area contributed by atoms with Crippen LogP contribution in [0.3, 0.4) is 0 Å². The largest absolute Gasteiger partial charge is 0.348 e. The first-order valence-electron chi connectivity index (χ1n) is 4.14. The van der Waals surface area contributed by atoms with Crippen LogP contribution in [0, 0.1) is 6.92 Å². The summed E-state index contributed by atoms with van der Waals surface area (Å²) in [7, 11) is 0. The molecule has 1 N–H and O–H groups in total. The van der Waals surface area contributed by atoms with Gasteiger partial charge in [-0.2, -0.15) is 0 Å². The lowest BCUT2D eigenvalue weighted by atomic mass is 10.1. The fourth-order valence-corrected chi connectivity index (χ4v) is 1.59. The van der Waals surface area contributed by atoms with Crippen molar-refractivity contribution in [2.75, 3.05) is 0 Å². The zero-order valence-electron chi connectivity index (χ0n) is 7.51. The van der Waals surface area contributed by atoms with Crippen molar-refractivity contribution in [1.29, 1.82) is 0 Å². The highest BCUT2D eigenvalue weighted by atomic mass is 35.5. The molecule has 1 aromatic carbocycles. The van der Waals surface area contributed by atoms with Gasteiger partial charge in [0.2, 0.25) is 0 Å². The van der Waals surface area contributed by atoms with Gasteiger partial charge >= 0.3 is 0 Å². The third-order valence-electron chi connectivity index (χ3n) is 2.02. The fourth-order valence-electron chi connectivity index (χ4n) is 1.29. The summed E-state index contributed by atoms with van der Waals surface area (Å²) < 4.78 is 0. The van der Waals surface area contributed by atoms with Crippen molar-refractivity contribution in [3.63, 3.8) is 0 Å². The van der Waals surface area contributed by atoms with E-state index in [1.807, 2.05) is 19.1 Å². The van der Waals surface area contributed by atoms with Crippen LogP contribution in [0.4, 0.5) is 0 Å². The number of aromatic nitrogens is 2. The molecule has 0 unspecified atom stereocenters. The molecule has 0 radical (unpaired) electrons. The highest BCUT2D eigenvalue weighted by Gasteiger charge is 2.06. The van der Waals surface area contributed by atoms with E-state index >= 15 is 0 Å². The van der Waals surface area contributed by atoms with E-state index in [0.29, 0.717) is 10.0 Å². The van der Waals surface area contributed by atoms with Gasteiger partial charge < -0.3 is 4.98 Å². The van der Waals surface area contributed by atoms with Gasteiger partial charge in [-0.1, -0.05) is 29.3 Å². The molecule has 0 saturated heterocycles. The lowest BCUT2D eigenvalue weighted by molar-refractivity contribution is 1.25. The lowest BCUT2D eigenvalue weighted by Crippen LogP contribution is -1.81. The molecule has 2 nitrogen and oxygen atoms in total. The monoisotopic (exact) mass is 226 g/mol. The number of hydrogen-bond acceptors (Lipinski definition) is 1. The fraction of sp³-hybridized carbons (Fsp3) is 0.100. The summed E-state index contributed by atoms with van der Waals surface area (Å²) >= 11 is 11.7. The molecule has 0 fully saturated rings. The van der Waals surface area contributed by atoms with Crippen LogP contribution < -0.4 is 0 Å². The number of nitrogens with one attached hydrogen (secondary N) is 1. The maximum Gasteiger partial charge on any atom is 0.0929 e. The van der Waals surface area contributed by atoms with E-state index in [2.05, 4.69) is 9.97 Å². The van der Waals surface area contributed by atoms with Crippen molar-refractivity contribution in [3.8, 4) is 11.3 Å². The zero-order valence-corrected chi connectivity index (χ0v) is 9.02. The van der Waals surface area contributed by atoms with Crippen molar-refractivity contribution in [2.24, 2.45) is 0 Å². The summed E-state index contributed by atoms with van der Waals surface area (Å²) in [6.45, 7) is 1.96. The SMILES string of the molecule is Cc1[nH]cnc1-c1ccc(Cl)c(Cl)c1. The Balaban J connectivity index is 2.53. The number of H-pyrrole nitrogens is 1. The number of halogens is 2. The molecule has 1 heterocycles. The second-order valence-electron chi connectivity index (χ2n) is 3.01. The number of imidazole rings is 1. The Kier molecular flexibility index (Phi) is 2.48. The minimum Gasteiger partial charge on any atom is -0.348 e. The summed E-state index contributed by atoms with van der Waals surface area (Å²) in [6, 6.07) is 5.48. The normalized spacial score (nSPS) is 10.5. The van der Waals surface area contributed by atoms with Crippen LogP contribution >= 0.6 is 23.2 Å². The van der Waals surface area contributed by atoms with Gasteiger partial charge in [-0.15, -0.1) is 0 Å². The number of benzene rings is 1. The molecule has 2 rings (SSSR count). The average molecular weight is 227 g/mol. The van der Waals surface area contributed by atoms with E-state index in [-0.39, 0.29) is 0 Å². The molecule has 0 atom stereocenters. The van der Waals surface area contributed by atoms with Crippen molar-refractivity contribution < 1.29 is 0 Å². The van der Waals surface area contributed by atoms with Crippen LogP contribution in [0.1, 0.15) is 5.69 Å². The van der Waals surface area contributed by atoms with Gasteiger partial charge in [0.15, 0.2) is 0 Å². The van der Waals surface area contributed by atoms with Gasteiger partial charge in [0.1, 0.15) is 0 Å². The van der Waals surface area contributed by atoms with Crippen molar-refractivity contribution >= 4 is 23.2 Å². The van der Waals surface area contributed by atoms with Gasteiger partial charge in [0.05, 0.1) is 22.1 Å². The number of aryl methyl sites for hydroxylation is 1. The lowest BCUT2D eigenvalue weighted by Gasteiger charge is -2.00. The molecule has 0 amide bonds.